The molecule has 0 saturated heterocycles. The van der Waals surface area contributed by atoms with Gasteiger partial charge in [0.25, 0.3) is 5.91 Å². The van der Waals surface area contributed by atoms with E-state index in [2.05, 4.69) is 15.3 Å². The summed E-state index contributed by atoms with van der Waals surface area (Å²) in [5, 5.41) is 3.42. The number of ether oxygens (including phenoxy) is 1. The molecule has 3 aromatic carbocycles. The van der Waals surface area contributed by atoms with E-state index >= 15 is 0 Å². The molecule has 1 unspecified atom stereocenters. The summed E-state index contributed by atoms with van der Waals surface area (Å²) >= 11 is 5.86. The quantitative estimate of drug-likeness (QED) is 0.487. The first-order valence-corrected chi connectivity index (χ1v) is 9.51. The Morgan fingerprint density at radius 1 is 0.966 bits per heavy atom. The fraction of sp³-hybridized carbons (Fsp3) is 0.0870. The van der Waals surface area contributed by atoms with Gasteiger partial charge in [0.1, 0.15) is 5.75 Å². The van der Waals surface area contributed by atoms with Gasteiger partial charge in [-0.1, -0.05) is 23.7 Å². The van der Waals surface area contributed by atoms with E-state index in [9.17, 15) is 4.79 Å². The van der Waals surface area contributed by atoms with Gasteiger partial charge in [-0.3, -0.25) is 9.78 Å². The lowest BCUT2D eigenvalue weighted by atomic mass is 10.1. The number of fused-ring (bicyclic) bond motifs is 1. The molecule has 5 nitrogen and oxygen atoms in total. The molecule has 4 aromatic rings. The van der Waals surface area contributed by atoms with E-state index in [-0.39, 0.29) is 5.91 Å². The average Bonchev–Trinajstić information content (AvgIpc) is 2.75. The summed E-state index contributed by atoms with van der Waals surface area (Å²) < 4.78 is 5.76. The second kappa shape index (κ2) is 8.29. The highest BCUT2D eigenvalue weighted by Crippen LogP contribution is 2.23. The molecule has 0 saturated carbocycles. The molecule has 0 bridgehead atoms. The Labute approximate surface area is 173 Å². The molecule has 0 fully saturated rings. The monoisotopic (exact) mass is 403 g/mol. The van der Waals surface area contributed by atoms with Crippen LogP contribution in [-0.4, -0.2) is 22.0 Å². The van der Waals surface area contributed by atoms with E-state index < -0.39 is 6.10 Å². The first-order chi connectivity index (χ1) is 14.1. The maximum Gasteiger partial charge on any atom is 0.265 e. The number of benzene rings is 3. The Bertz CT molecular complexity index is 1140. The molecule has 0 spiro atoms. The van der Waals surface area contributed by atoms with Gasteiger partial charge in [0.05, 0.1) is 22.9 Å². The molecule has 6 heteroatoms. The van der Waals surface area contributed by atoms with Gasteiger partial charge in [-0.15, -0.1) is 0 Å². The van der Waals surface area contributed by atoms with Gasteiger partial charge >= 0.3 is 0 Å². The number of rotatable bonds is 5. The lowest BCUT2D eigenvalue weighted by molar-refractivity contribution is -0.122. The smallest absolute Gasteiger partial charge is 0.265 e. The van der Waals surface area contributed by atoms with Crippen LogP contribution in [0.2, 0.25) is 5.02 Å². The first kappa shape index (κ1) is 18.9. The van der Waals surface area contributed by atoms with Crippen LogP contribution in [0.5, 0.6) is 5.75 Å². The van der Waals surface area contributed by atoms with Crippen molar-refractivity contribution in [3.63, 3.8) is 0 Å². The summed E-state index contributed by atoms with van der Waals surface area (Å²) in [6.07, 6.45) is 1.09. The number of anilines is 1. The number of nitrogens with zero attached hydrogens (tertiary/aromatic N) is 2. The highest BCUT2D eigenvalue weighted by Gasteiger charge is 2.15. The zero-order valence-corrected chi connectivity index (χ0v) is 16.4. The third-order valence-corrected chi connectivity index (χ3v) is 4.64. The van der Waals surface area contributed by atoms with Gasteiger partial charge in [0, 0.05) is 16.3 Å². The number of para-hydroxylation sites is 2. The maximum atomic E-state index is 12.3. The summed E-state index contributed by atoms with van der Waals surface area (Å²) in [6.45, 7) is 1.70. The van der Waals surface area contributed by atoms with Crippen molar-refractivity contribution < 1.29 is 9.53 Å². The molecule has 0 aliphatic heterocycles. The second-order valence-corrected chi connectivity index (χ2v) is 6.96. The molecule has 1 heterocycles. The van der Waals surface area contributed by atoms with E-state index in [0.717, 1.165) is 22.3 Å². The van der Waals surface area contributed by atoms with Gasteiger partial charge < -0.3 is 10.1 Å². The van der Waals surface area contributed by atoms with Crippen molar-refractivity contribution in [2.75, 3.05) is 5.32 Å². The van der Waals surface area contributed by atoms with Crippen LogP contribution in [0.15, 0.2) is 79.0 Å². The van der Waals surface area contributed by atoms with Gasteiger partial charge in [-0.2, -0.15) is 0 Å². The Balaban J connectivity index is 1.43. The van der Waals surface area contributed by atoms with E-state index in [1.165, 1.54) is 0 Å². The highest BCUT2D eigenvalue weighted by molar-refractivity contribution is 6.30. The standard InChI is InChI=1S/C23H18ClN3O2/c1-15(23(28)26-18-10-8-17(24)9-11-18)29-19-12-6-16(7-13-19)22-14-25-20-4-2-3-5-21(20)27-22/h2-15H,1H3,(H,26,28). The van der Waals surface area contributed by atoms with Crippen molar-refractivity contribution in [1.82, 2.24) is 9.97 Å². The van der Waals surface area contributed by atoms with E-state index in [0.29, 0.717) is 16.5 Å². The van der Waals surface area contributed by atoms with Crippen LogP contribution in [0, 0.1) is 0 Å². The lowest BCUT2D eigenvalue weighted by Gasteiger charge is -2.15. The summed E-state index contributed by atoms with van der Waals surface area (Å²) in [5.74, 6) is 0.359. The number of carbonyl (C=O) groups is 1. The fourth-order valence-corrected chi connectivity index (χ4v) is 2.96. The number of halogens is 1. The van der Waals surface area contributed by atoms with Crippen molar-refractivity contribution in [1.29, 1.82) is 0 Å². The number of amides is 1. The van der Waals surface area contributed by atoms with E-state index in [1.54, 1.807) is 37.4 Å². The molecule has 0 aliphatic rings. The number of nitrogens with one attached hydrogen (secondary N) is 1. The fourth-order valence-electron chi connectivity index (χ4n) is 2.84. The minimum Gasteiger partial charge on any atom is -0.481 e. The van der Waals surface area contributed by atoms with Crippen LogP contribution in [0.25, 0.3) is 22.3 Å². The first-order valence-electron chi connectivity index (χ1n) is 9.14. The van der Waals surface area contributed by atoms with Gasteiger partial charge in [-0.25, -0.2) is 4.98 Å². The van der Waals surface area contributed by atoms with Gasteiger partial charge in [0.15, 0.2) is 6.10 Å². The predicted molar refractivity (Wildman–Crippen MR) is 115 cm³/mol. The molecule has 0 radical (unpaired) electrons. The normalized spacial score (nSPS) is 11.8. The van der Waals surface area contributed by atoms with Crippen LogP contribution in [0.4, 0.5) is 5.69 Å². The molecule has 29 heavy (non-hydrogen) atoms. The second-order valence-electron chi connectivity index (χ2n) is 6.52. The molecule has 1 amide bonds. The van der Waals surface area contributed by atoms with Crippen molar-refractivity contribution in [3.05, 3.63) is 84.0 Å². The third-order valence-electron chi connectivity index (χ3n) is 4.39. The van der Waals surface area contributed by atoms with Crippen LogP contribution in [-0.2, 0) is 4.79 Å². The molecule has 144 valence electrons. The Hall–Kier alpha value is -3.44. The number of carbonyl (C=O) groups excluding carboxylic acids is 1. The van der Waals surface area contributed by atoms with Crippen molar-refractivity contribution in [2.45, 2.75) is 13.0 Å². The Morgan fingerprint density at radius 3 is 2.38 bits per heavy atom. The average molecular weight is 404 g/mol. The molecule has 1 atom stereocenters. The number of hydrogen-bond acceptors (Lipinski definition) is 4. The lowest BCUT2D eigenvalue weighted by Crippen LogP contribution is -2.30. The Kier molecular flexibility index (Phi) is 5.40. The summed E-state index contributed by atoms with van der Waals surface area (Å²) in [6, 6.07) is 22.1. The summed E-state index contributed by atoms with van der Waals surface area (Å²) in [7, 11) is 0. The minimum atomic E-state index is -0.656. The van der Waals surface area contributed by atoms with Crippen LogP contribution in [0.1, 0.15) is 6.92 Å². The van der Waals surface area contributed by atoms with E-state index in [1.807, 2.05) is 48.5 Å². The summed E-state index contributed by atoms with van der Waals surface area (Å²) in [5.41, 5.74) is 4.08. The molecule has 0 aliphatic carbocycles. The van der Waals surface area contributed by atoms with Crippen LogP contribution < -0.4 is 10.1 Å². The number of aromatic nitrogens is 2. The van der Waals surface area contributed by atoms with Gasteiger partial charge in [0.2, 0.25) is 0 Å². The van der Waals surface area contributed by atoms with Crippen molar-refractivity contribution in [2.24, 2.45) is 0 Å². The molecule has 1 N–H and O–H groups in total. The maximum absolute atomic E-state index is 12.3. The third kappa shape index (κ3) is 4.52. The largest absolute Gasteiger partial charge is 0.481 e. The zero-order valence-electron chi connectivity index (χ0n) is 15.7. The topological polar surface area (TPSA) is 64.1 Å². The Morgan fingerprint density at radius 2 is 1.66 bits per heavy atom. The SMILES string of the molecule is CC(Oc1ccc(-c2cnc3ccccc3n2)cc1)C(=O)Nc1ccc(Cl)cc1. The van der Waals surface area contributed by atoms with Crippen molar-refractivity contribution in [3.8, 4) is 17.0 Å². The molecular weight excluding hydrogens is 386 g/mol. The van der Waals surface area contributed by atoms with Gasteiger partial charge in [-0.05, 0) is 67.6 Å². The van der Waals surface area contributed by atoms with Crippen molar-refractivity contribution >= 4 is 34.2 Å². The summed E-state index contributed by atoms with van der Waals surface area (Å²) in [4.78, 5) is 21.4. The molecular formula is C23H18ClN3O2. The van der Waals surface area contributed by atoms with Crippen LogP contribution in [0.3, 0.4) is 0 Å². The molecule has 4 rings (SSSR count). The number of hydrogen-bond donors (Lipinski definition) is 1. The predicted octanol–water partition coefficient (Wildman–Crippen LogP) is 5.36. The van der Waals surface area contributed by atoms with E-state index in [4.69, 9.17) is 16.3 Å². The zero-order chi connectivity index (χ0) is 20.2. The minimum absolute atomic E-state index is 0.239. The van der Waals surface area contributed by atoms with Crippen LogP contribution >= 0.6 is 11.6 Å². The molecule has 1 aromatic heterocycles. The highest BCUT2D eigenvalue weighted by atomic mass is 35.5.